The number of nitrogens with two attached hydrogens (primary N) is 1. The topological polar surface area (TPSA) is 113 Å². The van der Waals surface area contributed by atoms with E-state index in [1.54, 1.807) is 0 Å². The van der Waals surface area contributed by atoms with E-state index in [1.165, 1.54) is 56.3 Å². The zero-order valence-corrected chi connectivity index (χ0v) is 23.2. The lowest BCUT2D eigenvalue weighted by Crippen LogP contribution is -2.57. The number of hydrogen-bond donors (Lipinski definition) is 2. The quantitative estimate of drug-likeness (QED) is 0.492. The van der Waals surface area contributed by atoms with E-state index in [0.29, 0.717) is 12.2 Å². The Kier molecular flexibility index (Phi) is 8.80. The molecule has 0 spiro atoms. The van der Waals surface area contributed by atoms with Crippen molar-refractivity contribution in [3.05, 3.63) is 42.2 Å². The molecular formula is C31H43N5O3. The number of anilines is 1. The second kappa shape index (κ2) is 12.5. The molecular weight excluding hydrogens is 490 g/mol. The number of nitrogens with zero attached hydrogens (tertiary/aromatic N) is 4. The zero-order chi connectivity index (χ0) is 27.4. The molecule has 2 saturated heterocycles. The Hall–Kier alpha value is -3.00. The molecule has 1 aliphatic carbocycles. The number of carbonyl (C=O) groups excluding carboxylic acids is 1. The SMILES string of the molecule is CCC[C@H]1CC[C@H](C2CCN(c3cnc(-c4ccc(C[C@H](N)C(=O)N5CC(C(=O)O)C5)cc4)nc3)CC2)CC1. The smallest absolute Gasteiger partial charge is 0.310 e. The number of likely N-dealkylation sites (tertiary alicyclic amines) is 1. The first-order valence-electron chi connectivity index (χ1n) is 14.8. The van der Waals surface area contributed by atoms with Crippen LogP contribution in [0.15, 0.2) is 36.7 Å². The number of aliphatic carboxylic acids is 1. The third-order valence-corrected chi connectivity index (χ3v) is 9.33. The fraction of sp³-hybridized carbons (Fsp3) is 0.613. The van der Waals surface area contributed by atoms with Gasteiger partial charge in [0.05, 0.1) is 30.0 Å². The van der Waals surface area contributed by atoms with Crippen molar-refractivity contribution in [1.29, 1.82) is 0 Å². The summed E-state index contributed by atoms with van der Waals surface area (Å²) in [7, 11) is 0. The van der Waals surface area contributed by atoms with Gasteiger partial charge < -0.3 is 20.6 Å². The minimum absolute atomic E-state index is 0.195. The lowest BCUT2D eigenvalue weighted by molar-refractivity contribution is -0.153. The molecule has 8 nitrogen and oxygen atoms in total. The predicted molar refractivity (Wildman–Crippen MR) is 152 cm³/mol. The first kappa shape index (κ1) is 27.6. The van der Waals surface area contributed by atoms with E-state index in [9.17, 15) is 9.59 Å². The molecule has 2 aliphatic heterocycles. The van der Waals surface area contributed by atoms with E-state index < -0.39 is 17.9 Å². The van der Waals surface area contributed by atoms with Gasteiger partial charge in [0.25, 0.3) is 0 Å². The average molecular weight is 534 g/mol. The zero-order valence-electron chi connectivity index (χ0n) is 23.2. The summed E-state index contributed by atoms with van der Waals surface area (Å²) in [5, 5.41) is 9.00. The Balaban J connectivity index is 1.09. The fourth-order valence-corrected chi connectivity index (χ4v) is 6.80. The van der Waals surface area contributed by atoms with Crippen molar-refractivity contribution in [3.63, 3.8) is 0 Å². The maximum absolute atomic E-state index is 12.5. The van der Waals surface area contributed by atoms with Gasteiger partial charge in [0.15, 0.2) is 5.82 Å². The number of hydrogen-bond acceptors (Lipinski definition) is 6. The average Bonchev–Trinajstić information content (AvgIpc) is 2.93. The van der Waals surface area contributed by atoms with Crippen LogP contribution in [0.25, 0.3) is 11.4 Å². The summed E-state index contributed by atoms with van der Waals surface area (Å²) in [6.45, 7) is 4.97. The van der Waals surface area contributed by atoms with Gasteiger partial charge in [-0.2, -0.15) is 0 Å². The van der Waals surface area contributed by atoms with E-state index >= 15 is 0 Å². The number of rotatable bonds is 9. The Morgan fingerprint density at radius 3 is 2.18 bits per heavy atom. The molecule has 39 heavy (non-hydrogen) atoms. The van der Waals surface area contributed by atoms with Gasteiger partial charge in [-0.1, -0.05) is 56.9 Å². The van der Waals surface area contributed by atoms with Crippen molar-refractivity contribution in [2.45, 2.75) is 70.8 Å². The maximum Gasteiger partial charge on any atom is 0.310 e. The van der Waals surface area contributed by atoms with Crippen LogP contribution in [0.2, 0.25) is 0 Å². The fourth-order valence-electron chi connectivity index (χ4n) is 6.80. The summed E-state index contributed by atoms with van der Waals surface area (Å²) >= 11 is 0. The molecule has 3 heterocycles. The van der Waals surface area contributed by atoms with E-state index in [2.05, 4.69) is 21.8 Å². The van der Waals surface area contributed by atoms with E-state index in [1.807, 2.05) is 36.7 Å². The molecule has 1 aromatic carbocycles. The highest BCUT2D eigenvalue weighted by Crippen LogP contribution is 2.39. The van der Waals surface area contributed by atoms with Crippen LogP contribution in [-0.4, -0.2) is 64.1 Å². The highest BCUT2D eigenvalue weighted by Gasteiger charge is 2.37. The number of carboxylic acid groups (broad SMARTS) is 1. The van der Waals surface area contributed by atoms with Crippen molar-refractivity contribution < 1.29 is 14.7 Å². The minimum atomic E-state index is -0.863. The largest absolute Gasteiger partial charge is 0.481 e. The van der Waals surface area contributed by atoms with Crippen molar-refractivity contribution in [3.8, 4) is 11.4 Å². The third kappa shape index (κ3) is 6.60. The van der Waals surface area contributed by atoms with Gasteiger partial charge >= 0.3 is 5.97 Å². The van der Waals surface area contributed by atoms with E-state index in [4.69, 9.17) is 10.8 Å². The van der Waals surface area contributed by atoms with Gasteiger partial charge in [-0.15, -0.1) is 0 Å². The molecule has 3 aliphatic rings. The number of aromatic nitrogens is 2. The van der Waals surface area contributed by atoms with Crippen LogP contribution in [0.3, 0.4) is 0 Å². The molecule has 1 amide bonds. The van der Waals surface area contributed by atoms with Crippen molar-refractivity contribution in [2.75, 3.05) is 31.1 Å². The van der Waals surface area contributed by atoms with E-state index in [0.717, 1.165) is 47.7 Å². The Bertz CT molecular complexity index is 1100. The van der Waals surface area contributed by atoms with Gasteiger partial charge in [0.2, 0.25) is 5.91 Å². The Morgan fingerprint density at radius 2 is 1.59 bits per heavy atom. The number of benzene rings is 1. The molecule has 2 aromatic rings. The van der Waals surface area contributed by atoms with Crippen LogP contribution >= 0.6 is 0 Å². The molecule has 1 atom stereocenters. The number of amides is 1. The van der Waals surface area contributed by atoms with Crippen molar-refractivity contribution in [2.24, 2.45) is 29.4 Å². The summed E-state index contributed by atoms with van der Waals surface area (Å²) in [6.07, 6.45) is 15.3. The van der Waals surface area contributed by atoms with Gasteiger partial charge in [0, 0.05) is 31.7 Å². The van der Waals surface area contributed by atoms with Gasteiger partial charge in [0.1, 0.15) is 0 Å². The molecule has 8 heteroatoms. The second-order valence-corrected chi connectivity index (χ2v) is 11.9. The molecule has 210 valence electrons. The van der Waals surface area contributed by atoms with E-state index in [-0.39, 0.29) is 19.0 Å². The summed E-state index contributed by atoms with van der Waals surface area (Å²) in [6, 6.07) is 7.16. The van der Waals surface area contributed by atoms with Crippen LogP contribution in [0.5, 0.6) is 0 Å². The lowest BCUT2D eigenvalue weighted by Gasteiger charge is -2.39. The van der Waals surface area contributed by atoms with Gasteiger partial charge in [-0.05, 0) is 55.4 Å². The first-order valence-corrected chi connectivity index (χ1v) is 14.8. The normalized spacial score (nSPS) is 23.3. The Morgan fingerprint density at radius 1 is 0.974 bits per heavy atom. The number of carbonyl (C=O) groups is 2. The standard InChI is InChI=1S/C31H43N5O3/c1-2-3-21-4-8-23(9-5-21)24-12-14-35(15-13-24)27-17-33-29(34-18-27)25-10-6-22(7-11-25)16-28(32)30(37)36-19-26(20-36)31(38)39/h6-7,10-11,17-18,21,23-24,26,28H,2-5,8-9,12-16,19-20,32H2,1H3,(H,38,39)/t21-,23-,28-/m0/s1. The van der Waals surface area contributed by atoms with Gasteiger partial charge in [-0.3, -0.25) is 9.59 Å². The third-order valence-electron chi connectivity index (χ3n) is 9.33. The van der Waals surface area contributed by atoms with Gasteiger partial charge in [-0.25, -0.2) is 9.97 Å². The molecule has 0 bridgehead atoms. The van der Waals surface area contributed by atoms with Crippen molar-refractivity contribution >= 4 is 17.6 Å². The highest BCUT2D eigenvalue weighted by molar-refractivity contribution is 5.85. The summed E-state index contributed by atoms with van der Waals surface area (Å²) < 4.78 is 0. The number of piperidine rings is 1. The van der Waals surface area contributed by atoms with Crippen LogP contribution < -0.4 is 10.6 Å². The molecule has 3 fully saturated rings. The minimum Gasteiger partial charge on any atom is -0.481 e. The van der Waals surface area contributed by atoms with Crippen LogP contribution in [0, 0.1) is 23.7 Å². The van der Waals surface area contributed by atoms with Crippen molar-refractivity contribution in [1.82, 2.24) is 14.9 Å². The second-order valence-electron chi connectivity index (χ2n) is 11.9. The summed E-state index contributed by atoms with van der Waals surface area (Å²) in [5.74, 6) is 1.93. The highest BCUT2D eigenvalue weighted by atomic mass is 16.4. The first-order chi connectivity index (χ1) is 18.9. The molecule has 3 N–H and O–H groups in total. The Labute approximate surface area is 232 Å². The maximum atomic E-state index is 12.5. The summed E-state index contributed by atoms with van der Waals surface area (Å²) in [4.78, 5) is 36.7. The number of carboxylic acids is 1. The van der Waals surface area contributed by atoms with Crippen LogP contribution in [0.4, 0.5) is 5.69 Å². The summed E-state index contributed by atoms with van der Waals surface area (Å²) in [5.41, 5.74) is 9.09. The molecule has 0 radical (unpaired) electrons. The lowest BCUT2D eigenvalue weighted by atomic mass is 9.72. The van der Waals surface area contributed by atoms with Crippen LogP contribution in [-0.2, 0) is 16.0 Å². The monoisotopic (exact) mass is 533 g/mol. The predicted octanol–water partition coefficient (Wildman–Crippen LogP) is 4.38. The molecule has 0 unspecified atom stereocenters. The molecule has 5 rings (SSSR count). The van der Waals surface area contributed by atoms with Crippen LogP contribution in [0.1, 0.15) is 63.9 Å². The molecule has 1 aromatic heterocycles. The molecule has 1 saturated carbocycles.